The Labute approximate surface area is 166 Å². The van der Waals surface area contributed by atoms with Crippen molar-refractivity contribution >= 4 is 40.0 Å². The van der Waals surface area contributed by atoms with Gasteiger partial charge in [-0.25, -0.2) is 9.78 Å². The number of nitrogens with one attached hydrogen (secondary N) is 2. The fourth-order valence-corrected chi connectivity index (χ4v) is 4.03. The van der Waals surface area contributed by atoms with Crippen LogP contribution in [0.1, 0.15) is 34.8 Å². The van der Waals surface area contributed by atoms with Gasteiger partial charge in [-0.05, 0) is 32.0 Å². The van der Waals surface area contributed by atoms with E-state index in [1.165, 1.54) is 18.4 Å². The molecule has 0 saturated heterocycles. The van der Waals surface area contributed by atoms with Crippen molar-refractivity contribution in [2.75, 3.05) is 19.0 Å². The van der Waals surface area contributed by atoms with Crippen LogP contribution in [-0.2, 0) is 13.0 Å². The summed E-state index contributed by atoms with van der Waals surface area (Å²) in [5.74, 6) is 0.354. The van der Waals surface area contributed by atoms with Gasteiger partial charge in [0.1, 0.15) is 5.75 Å². The molecule has 3 rings (SSSR count). The van der Waals surface area contributed by atoms with Gasteiger partial charge in [0.15, 0.2) is 5.13 Å². The number of urea groups is 1. The molecule has 2 aromatic rings. The Morgan fingerprint density at radius 3 is 2.85 bits per heavy atom. The molecule has 1 aliphatic rings. The molecule has 0 saturated carbocycles. The summed E-state index contributed by atoms with van der Waals surface area (Å²) in [6.07, 6.45) is 0.633. The number of fused-ring (bicyclic) bond motifs is 1. The van der Waals surface area contributed by atoms with E-state index >= 15 is 0 Å². The van der Waals surface area contributed by atoms with Crippen LogP contribution in [0.25, 0.3) is 0 Å². The average molecular weight is 409 g/mol. The molecule has 0 atom stereocenters. The minimum atomic E-state index is -0.285. The molecule has 2 N–H and O–H groups in total. The second-order valence-electron chi connectivity index (χ2n) is 6.46. The summed E-state index contributed by atoms with van der Waals surface area (Å²) in [6, 6.07) is 4.75. The topological polar surface area (TPSA) is 83.6 Å². The van der Waals surface area contributed by atoms with Crippen LogP contribution in [0.3, 0.4) is 0 Å². The molecular formula is C18H21ClN4O3S. The smallest absolute Gasteiger partial charge is 0.321 e. The fraction of sp³-hybridized carbons (Fsp3) is 0.389. The first-order valence-electron chi connectivity index (χ1n) is 8.56. The Balaban J connectivity index is 1.74. The summed E-state index contributed by atoms with van der Waals surface area (Å²) in [5.41, 5.74) is 1.36. The summed E-state index contributed by atoms with van der Waals surface area (Å²) in [4.78, 5) is 32.0. The number of amides is 3. The zero-order valence-corrected chi connectivity index (χ0v) is 16.9. The Hall–Kier alpha value is -2.32. The van der Waals surface area contributed by atoms with Crippen molar-refractivity contribution in [3.05, 3.63) is 39.4 Å². The lowest BCUT2D eigenvalue weighted by molar-refractivity contribution is 0.0733. The highest BCUT2D eigenvalue weighted by molar-refractivity contribution is 7.15. The first-order valence-corrected chi connectivity index (χ1v) is 9.75. The van der Waals surface area contributed by atoms with Crippen molar-refractivity contribution in [3.8, 4) is 5.75 Å². The lowest BCUT2D eigenvalue weighted by atomic mass is 10.1. The third-order valence-corrected chi connectivity index (χ3v) is 5.28. The number of halogens is 1. The molecule has 0 spiro atoms. The van der Waals surface area contributed by atoms with Crippen LogP contribution in [0.4, 0.5) is 9.93 Å². The third kappa shape index (κ3) is 4.51. The van der Waals surface area contributed by atoms with Crippen molar-refractivity contribution in [1.82, 2.24) is 15.2 Å². The molecule has 0 aliphatic carbocycles. The summed E-state index contributed by atoms with van der Waals surface area (Å²) in [6.45, 7) is 4.76. The van der Waals surface area contributed by atoms with Gasteiger partial charge < -0.3 is 15.0 Å². The highest BCUT2D eigenvalue weighted by atomic mass is 35.5. The number of anilines is 1. The standard InChI is InChI=1S/C18H21ClN4O3S/c1-10(2)20-17(25)22-18-21-13-6-7-23(9-15(13)27-18)16(24)12-8-11(19)4-5-14(12)26-3/h4-5,8,10H,6-7,9H2,1-3H3,(H2,20,21,22,25). The van der Waals surface area contributed by atoms with E-state index in [0.717, 1.165) is 10.6 Å². The van der Waals surface area contributed by atoms with Crippen LogP contribution in [0, 0.1) is 0 Å². The quantitative estimate of drug-likeness (QED) is 0.810. The van der Waals surface area contributed by atoms with Gasteiger partial charge in [0.25, 0.3) is 5.91 Å². The van der Waals surface area contributed by atoms with Crippen LogP contribution in [0.15, 0.2) is 18.2 Å². The first kappa shape index (κ1) is 19.4. The van der Waals surface area contributed by atoms with Crippen LogP contribution in [0.5, 0.6) is 5.75 Å². The second kappa shape index (κ2) is 8.14. The Bertz CT molecular complexity index is 868. The highest BCUT2D eigenvalue weighted by Gasteiger charge is 2.27. The molecule has 3 amide bonds. The number of benzene rings is 1. The van der Waals surface area contributed by atoms with E-state index in [9.17, 15) is 9.59 Å². The summed E-state index contributed by atoms with van der Waals surface area (Å²) in [7, 11) is 1.53. The largest absolute Gasteiger partial charge is 0.496 e. The van der Waals surface area contributed by atoms with Crippen LogP contribution in [-0.4, -0.2) is 41.5 Å². The van der Waals surface area contributed by atoms with Gasteiger partial charge >= 0.3 is 6.03 Å². The molecule has 1 aromatic carbocycles. The van der Waals surface area contributed by atoms with Crippen molar-refractivity contribution in [2.24, 2.45) is 0 Å². The first-order chi connectivity index (χ1) is 12.9. The van der Waals surface area contributed by atoms with Gasteiger partial charge in [-0.3, -0.25) is 10.1 Å². The van der Waals surface area contributed by atoms with Gasteiger partial charge in [0.2, 0.25) is 0 Å². The maximum absolute atomic E-state index is 12.9. The molecule has 1 aliphatic heterocycles. The third-order valence-electron chi connectivity index (χ3n) is 4.05. The van der Waals surface area contributed by atoms with Crippen molar-refractivity contribution in [3.63, 3.8) is 0 Å². The number of aromatic nitrogens is 1. The lowest BCUT2D eigenvalue weighted by Crippen LogP contribution is -2.35. The number of rotatable bonds is 4. The summed E-state index contributed by atoms with van der Waals surface area (Å²) < 4.78 is 5.29. The van der Waals surface area contributed by atoms with Gasteiger partial charge in [-0.1, -0.05) is 22.9 Å². The van der Waals surface area contributed by atoms with Crippen molar-refractivity contribution in [1.29, 1.82) is 0 Å². The van der Waals surface area contributed by atoms with Gasteiger partial charge in [-0.2, -0.15) is 0 Å². The number of carbonyl (C=O) groups is 2. The van der Waals surface area contributed by atoms with E-state index in [0.29, 0.717) is 41.0 Å². The number of carbonyl (C=O) groups excluding carboxylic acids is 2. The second-order valence-corrected chi connectivity index (χ2v) is 7.98. The van der Waals surface area contributed by atoms with Crippen molar-refractivity contribution < 1.29 is 14.3 Å². The molecule has 27 heavy (non-hydrogen) atoms. The van der Waals surface area contributed by atoms with Crippen LogP contribution >= 0.6 is 22.9 Å². The molecule has 9 heteroatoms. The van der Waals surface area contributed by atoms with Crippen molar-refractivity contribution in [2.45, 2.75) is 32.9 Å². The van der Waals surface area contributed by atoms with E-state index in [2.05, 4.69) is 15.6 Å². The molecule has 0 radical (unpaired) electrons. The zero-order chi connectivity index (χ0) is 19.6. The summed E-state index contributed by atoms with van der Waals surface area (Å²) in [5, 5.41) is 6.53. The van der Waals surface area contributed by atoms with Gasteiger partial charge in [0, 0.05) is 28.9 Å². The fourth-order valence-electron chi connectivity index (χ4n) is 2.84. The van der Waals surface area contributed by atoms with Gasteiger partial charge in [0.05, 0.1) is 24.9 Å². The van der Waals surface area contributed by atoms with E-state index < -0.39 is 0 Å². The number of ether oxygens (including phenoxy) is 1. The molecule has 0 bridgehead atoms. The molecule has 1 aromatic heterocycles. The maximum atomic E-state index is 12.9. The zero-order valence-electron chi connectivity index (χ0n) is 15.3. The number of hydrogen-bond donors (Lipinski definition) is 2. The van der Waals surface area contributed by atoms with E-state index in [-0.39, 0.29) is 18.0 Å². The minimum absolute atomic E-state index is 0.0420. The minimum Gasteiger partial charge on any atom is -0.496 e. The van der Waals surface area contributed by atoms with E-state index in [1.807, 2.05) is 13.8 Å². The van der Waals surface area contributed by atoms with E-state index in [1.54, 1.807) is 23.1 Å². The van der Waals surface area contributed by atoms with Gasteiger partial charge in [-0.15, -0.1) is 0 Å². The lowest BCUT2D eigenvalue weighted by Gasteiger charge is -2.26. The Morgan fingerprint density at radius 2 is 2.15 bits per heavy atom. The highest BCUT2D eigenvalue weighted by Crippen LogP contribution is 2.31. The van der Waals surface area contributed by atoms with Crippen LogP contribution < -0.4 is 15.4 Å². The number of hydrogen-bond acceptors (Lipinski definition) is 5. The molecule has 144 valence electrons. The Morgan fingerprint density at radius 1 is 1.37 bits per heavy atom. The number of methoxy groups -OCH3 is 1. The van der Waals surface area contributed by atoms with E-state index in [4.69, 9.17) is 16.3 Å². The normalized spacial score (nSPS) is 13.3. The Kier molecular flexibility index (Phi) is 5.86. The summed E-state index contributed by atoms with van der Waals surface area (Å²) >= 11 is 7.43. The molecule has 0 unspecified atom stereocenters. The molecular weight excluding hydrogens is 388 g/mol. The predicted molar refractivity (Wildman–Crippen MR) is 106 cm³/mol. The SMILES string of the molecule is COc1ccc(Cl)cc1C(=O)N1CCc2nc(NC(=O)NC(C)C)sc2C1. The number of nitrogens with zero attached hydrogens (tertiary/aromatic N) is 2. The average Bonchev–Trinajstić information content (AvgIpc) is 3.01. The number of thiazole rings is 1. The maximum Gasteiger partial charge on any atom is 0.321 e. The molecule has 2 heterocycles. The predicted octanol–water partition coefficient (Wildman–Crippen LogP) is 3.53. The van der Waals surface area contributed by atoms with Crippen LogP contribution in [0.2, 0.25) is 5.02 Å². The molecule has 7 nitrogen and oxygen atoms in total. The molecule has 0 fully saturated rings. The monoisotopic (exact) mass is 408 g/mol.